The highest BCUT2D eigenvalue weighted by Gasteiger charge is 2.17. The van der Waals surface area contributed by atoms with Crippen molar-refractivity contribution in [2.75, 3.05) is 0 Å². The SMILES string of the molecule is Cc1cccc(OC(C)C(=O)NC(C)CC(C)O)c1. The fourth-order valence-corrected chi connectivity index (χ4v) is 1.88. The molecule has 0 saturated carbocycles. The lowest BCUT2D eigenvalue weighted by atomic mass is 10.1. The van der Waals surface area contributed by atoms with Gasteiger partial charge >= 0.3 is 0 Å². The molecule has 1 aromatic carbocycles. The average Bonchev–Trinajstić information content (AvgIpc) is 2.27. The van der Waals surface area contributed by atoms with Gasteiger partial charge < -0.3 is 15.2 Å². The zero-order chi connectivity index (χ0) is 14.4. The second-order valence-corrected chi connectivity index (χ2v) is 5.07. The number of ether oxygens (including phenoxy) is 1. The molecule has 4 heteroatoms. The molecule has 0 spiro atoms. The van der Waals surface area contributed by atoms with E-state index in [1.807, 2.05) is 38.1 Å². The Labute approximate surface area is 114 Å². The summed E-state index contributed by atoms with van der Waals surface area (Å²) in [5.41, 5.74) is 1.09. The number of nitrogens with one attached hydrogen (secondary N) is 1. The first-order chi connectivity index (χ1) is 8.88. The van der Waals surface area contributed by atoms with E-state index in [4.69, 9.17) is 4.74 Å². The zero-order valence-electron chi connectivity index (χ0n) is 12.0. The van der Waals surface area contributed by atoms with E-state index >= 15 is 0 Å². The largest absolute Gasteiger partial charge is 0.481 e. The first-order valence-corrected chi connectivity index (χ1v) is 6.60. The number of hydrogen-bond acceptors (Lipinski definition) is 3. The molecule has 0 aromatic heterocycles. The van der Waals surface area contributed by atoms with Crippen LogP contribution in [-0.4, -0.2) is 29.3 Å². The summed E-state index contributed by atoms with van der Waals surface area (Å²) in [7, 11) is 0. The number of rotatable bonds is 6. The molecule has 0 aliphatic heterocycles. The van der Waals surface area contributed by atoms with Crippen molar-refractivity contribution in [2.24, 2.45) is 0 Å². The highest BCUT2D eigenvalue weighted by Crippen LogP contribution is 2.14. The Bertz CT molecular complexity index is 418. The van der Waals surface area contributed by atoms with E-state index in [1.165, 1.54) is 0 Å². The first-order valence-electron chi connectivity index (χ1n) is 6.60. The summed E-state index contributed by atoms with van der Waals surface area (Å²) in [5.74, 6) is 0.514. The van der Waals surface area contributed by atoms with Crippen molar-refractivity contribution in [1.82, 2.24) is 5.32 Å². The number of benzene rings is 1. The Morgan fingerprint density at radius 2 is 2.05 bits per heavy atom. The lowest BCUT2D eigenvalue weighted by Crippen LogP contribution is -2.42. The molecule has 0 fully saturated rings. The summed E-state index contributed by atoms with van der Waals surface area (Å²) in [4.78, 5) is 11.9. The third kappa shape index (κ3) is 5.75. The Balaban J connectivity index is 2.49. The lowest BCUT2D eigenvalue weighted by molar-refractivity contribution is -0.128. The monoisotopic (exact) mass is 265 g/mol. The van der Waals surface area contributed by atoms with Crippen molar-refractivity contribution >= 4 is 5.91 Å². The van der Waals surface area contributed by atoms with Gasteiger partial charge in [-0.05, 0) is 51.8 Å². The van der Waals surface area contributed by atoms with E-state index in [0.717, 1.165) is 5.56 Å². The summed E-state index contributed by atoms with van der Waals surface area (Å²) in [5, 5.41) is 12.1. The molecule has 0 radical (unpaired) electrons. The Morgan fingerprint density at radius 3 is 2.63 bits per heavy atom. The van der Waals surface area contributed by atoms with Crippen LogP contribution in [0, 0.1) is 6.92 Å². The van der Waals surface area contributed by atoms with Gasteiger partial charge in [0.25, 0.3) is 5.91 Å². The molecule has 3 unspecified atom stereocenters. The minimum absolute atomic E-state index is 0.0731. The summed E-state index contributed by atoms with van der Waals surface area (Å²) in [6.07, 6.45) is -0.454. The molecular formula is C15H23NO3. The van der Waals surface area contributed by atoms with Crippen LogP contribution in [0.2, 0.25) is 0 Å². The number of aliphatic hydroxyl groups is 1. The first kappa shape index (κ1) is 15.5. The van der Waals surface area contributed by atoms with Crippen molar-refractivity contribution in [1.29, 1.82) is 0 Å². The van der Waals surface area contributed by atoms with E-state index in [1.54, 1.807) is 13.8 Å². The van der Waals surface area contributed by atoms with Gasteiger partial charge in [0.05, 0.1) is 6.10 Å². The molecule has 4 nitrogen and oxygen atoms in total. The third-order valence-electron chi connectivity index (χ3n) is 2.75. The van der Waals surface area contributed by atoms with Gasteiger partial charge in [-0.2, -0.15) is 0 Å². The predicted octanol–water partition coefficient (Wildman–Crippen LogP) is 2.04. The quantitative estimate of drug-likeness (QED) is 0.827. The number of carbonyl (C=O) groups excluding carboxylic acids is 1. The fraction of sp³-hybridized carbons (Fsp3) is 0.533. The predicted molar refractivity (Wildman–Crippen MR) is 75.2 cm³/mol. The fourth-order valence-electron chi connectivity index (χ4n) is 1.88. The molecule has 0 heterocycles. The molecule has 0 bridgehead atoms. The smallest absolute Gasteiger partial charge is 0.260 e. The molecule has 106 valence electrons. The van der Waals surface area contributed by atoms with Gasteiger partial charge in [0, 0.05) is 6.04 Å². The number of carbonyl (C=O) groups is 1. The molecule has 2 N–H and O–H groups in total. The lowest BCUT2D eigenvalue weighted by Gasteiger charge is -2.19. The van der Waals surface area contributed by atoms with Gasteiger partial charge in [-0.25, -0.2) is 0 Å². The van der Waals surface area contributed by atoms with Crippen LogP contribution in [0.5, 0.6) is 5.75 Å². The maximum atomic E-state index is 11.9. The standard InChI is InChI=1S/C15H23NO3/c1-10-6-5-7-14(8-10)19-13(4)15(18)16-11(2)9-12(3)17/h5-8,11-13,17H,9H2,1-4H3,(H,16,18). The van der Waals surface area contributed by atoms with Crippen LogP contribution in [0.1, 0.15) is 32.8 Å². The highest BCUT2D eigenvalue weighted by atomic mass is 16.5. The van der Waals surface area contributed by atoms with Crippen molar-refractivity contribution < 1.29 is 14.6 Å². The van der Waals surface area contributed by atoms with Crippen molar-refractivity contribution in [2.45, 2.75) is 52.4 Å². The Morgan fingerprint density at radius 1 is 1.37 bits per heavy atom. The van der Waals surface area contributed by atoms with E-state index < -0.39 is 12.2 Å². The van der Waals surface area contributed by atoms with Crippen LogP contribution in [0.3, 0.4) is 0 Å². The van der Waals surface area contributed by atoms with Crippen LogP contribution in [0.25, 0.3) is 0 Å². The second-order valence-electron chi connectivity index (χ2n) is 5.07. The zero-order valence-corrected chi connectivity index (χ0v) is 12.0. The van der Waals surface area contributed by atoms with Crippen LogP contribution < -0.4 is 10.1 Å². The topological polar surface area (TPSA) is 58.6 Å². The van der Waals surface area contributed by atoms with Crippen molar-refractivity contribution in [3.8, 4) is 5.75 Å². The molecule has 1 aromatic rings. The Hall–Kier alpha value is -1.55. The summed E-state index contributed by atoms with van der Waals surface area (Å²) in [6.45, 7) is 7.26. The summed E-state index contributed by atoms with van der Waals surface area (Å²) >= 11 is 0. The molecule has 1 rings (SSSR count). The van der Waals surface area contributed by atoms with E-state index in [2.05, 4.69) is 5.32 Å². The van der Waals surface area contributed by atoms with Gasteiger partial charge in [-0.15, -0.1) is 0 Å². The minimum Gasteiger partial charge on any atom is -0.481 e. The highest BCUT2D eigenvalue weighted by molar-refractivity contribution is 5.80. The van der Waals surface area contributed by atoms with Gasteiger partial charge in [-0.1, -0.05) is 12.1 Å². The minimum atomic E-state index is -0.557. The van der Waals surface area contributed by atoms with Gasteiger partial charge in [0.2, 0.25) is 0 Å². The Kier molecular flexibility index (Phi) is 5.83. The number of hydrogen-bond donors (Lipinski definition) is 2. The van der Waals surface area contributed by atoms with Gasteiger partial charge in [-0.3, -0.25) is 4.79 Å². The van der Waals surface area contributed by atoms with E-state index in [-0.39, 0.29) is 11.9 Å². The normalized spacial score (nSPS) is 15.4. The van der Waals surface area contributed by atoms with Crippen LogP contribution in [-0.2, 0) is 4.79 Å². The summed E-state index contributed by atoms with van der Waals surface area (Å²) < 4.78 is 5.59. The van der Waals surface area contributed by atoms with Gasteiger partial charge in [0.15, 0.2) is 6.10 Å². The summed E-state index contributed by atoms with van der Waals surface area (Å²) in [6, 6.07) is 7.52. The maximum Gasteiger partial charge on any atom is 0.260 e. The van der Waals surface area contributed by atoms with Crippen LogP contribution in [0.15, 0.2) is 24.3 Å². The van der Waals surface area contributed by atoms with Gasteiger partial charge in [0.1, 0.15) is 5.75 Å². The molecule has 0 aliphatic rings. The average molecular weight is 265 g/mol. The van der Waals surface area contributed by atoms with E-state index in [9.17, 15) is 9.90 Å². The van der Waals surface area contributed by atoms with Crippen LogP contribution >= 0.6 is 0 Å². The number of aliphatic hydroxyl groups excluding tert-OH is 1. The molecule has 1 amide bonds. The second kappa shape index (κ2) is 7.14. The molecule has 0 aliphatic carbocycles. The molecule has 19 heavy (non-hydrogen) atoms. The van der Waals surface area contributed by atoms with Crippen molar-refractivity contribution in [3.63, 3.8) is 0 Å². The molecular weight excluding hydrogens is 242 g/mol. The van der Waals surface area contributed by atoms with Crippen LogP contribution in [0.4, 0.5) is 0 Å². The number of aryl methyl sites for hydroxylation is 1. The van der Waals surface area contributed by atoms with E-state index in [0.29, 0.717) is 12.2 Å². The van der Waals surface area contributed by atoms with Crippen molar-refractivity contribution in [3.05, 3.63) is 29.8 Å². The molecule has 0 saturated heterocycles. The molecule has 3 atom stereocenters. The third-order valence-corrected chi connectivity index (χ3v) is 2.75. The maximum absolute atomic E-state index is 11.9. The number of amides is 1.